The van der Waals surface area contributed by atoms with E-state index in [9.17, 15) is 4.79 Å². The molecule has 2 rings (SSSR count). The lowest BCUT2D eigenvalue weighted by molar-refractivity contribution is 0.0948. The van der Waals surface area contributed by atoms with Crippen molar-refractivity contribution in [3.63, 3.8) is 0 Å². The van der Waals surface area contributed by atoms with Crippen LogP contribution in [0.4, 0.5) is 0 Å². The number of carbonyl (C=O) groups excluding carboxylic acids is 1. The lowest BCUT2D eigenvalue weighted by atomic mass is 10.3. The summed E-state index contributed by atoms with van der Waals surface area (Å²) in [4.78, 5) is 11.8. The summed E-state index contributed by atoms with van der Waals surface area (Å²) in [7, 11) is 1.88. The molecule has 0 saturated carbocycles. The maximum atomic E-state index is 11.8. The van der Waals surface area contributed by atoms with Gasteiger partial charge in [-0.25, -0.2) is 0 Å². The number of furan rings is 1. The molecule has 7 heteroatoms. The zero-order valence-electron chi connectivity index (χ0n) is 11.5. The summed E-state index contributed by atoms with van der Waals surface area (Å²) in [6.07, 6.45) is 0.886. The Hall–Kier alpha value is -1.79. The Kier molecular flexibility index (Phi) is 6.27. The molecule has 0 aromatic carbocycles. The van der Waals surface area contributed by atoms with E-state index in [1.807, 2.05) is 26.1 Å². The van der Waals surface area contributed by atoms with E-state index in [1.54, 1.807) is 6.07 Å². The second kappa shape index (κ2) is 7.72. The number of aryl methyl sites for hydroxylation is 1. The second-order valence-corrected chi connectivity index (χ2v) is 4.29. The van der Waals surface area contributed by atoms with E-state index in [0.29, 0.717) is 23.7 Å². The molecule has 0 aliphatic carbocycles. The topological polar surface area (TPSA) is 83.0 Å². The molecule has 0 unspecified atom stereocenters. The van der Waals surface area contributed by atoms with Crippen molar-refractivity contribution in [1.82, 2.24) is 20.8 Å². The highest BCUT2D eigenvalue weighted by atomic mass is 35.5. The Labute approximate surface area is 123 Å². The molecule has 1 amide bonds. The van der Waals surface area contributed by atoms with E-state index >= 15 is 0 Å². The first-order valence-electron chi connectivity index (χ1n) is 6.25. The van der Waals surface area contributed by atoms with Crippen molar-refractivity contribution in [3.05, 3.63) is 29.7 Å². The van der Waals surface area contributed by atoms with Crippen LogP contribution in [-0.4, -0.2) is 36.2 Å². The highest BCUT2D eigenvalue weighted by Gasteiger charge is 2.12. The van der Waals surface area contributed by atoms with Gasteiger partial charge in [-0.2, -0.15) is 5.10 Å². The number of nitrogens with zero attached hydrogens (tertiary/aromatic N) is 1. The Morgan fingerprint density at radius 3 is 2.85 bits per heavy atom. The fourth-order valence-electron chi connectivity index (χ4n) is 1.70. The average molecular weight is 299 g/mol. The van der Waals surface area contributed by atoms with Crippen LogP contribution >= 0.6 is 12.4 Å². The van der Waals surface area contributed by atoms with Gasteiger partial charge in [-0.3, -0.25) is 9.89 Å². The number of aromatic nitrogens is 2. The highest BCUT2D eigenvalue weighted by molar-refractivity contribution is 5.93. The third-order valence-corrected chi connectivity index (χ3v) is 2.71. The SMILES string of the molecule is CNCCCNC(=O)c1cc(-c2ccc(C)o2)[nH]n1.Cl. The first-order valence-corrected chi connectivity index (χ1v) is 6.25. The smallest absolute Gasteiger partial charge is 0.271 e. The van der Waals surface area contributed by atoms with Gasteiger partial charge in [-0.1, -0.05) is 0 Å². The lowest BCUT2D eigenvalue weighted by Crippen LogP contribution is -2.26. The van der Waals surface area contributed by atoms with Gasteiger partial charge in [0.2, 0.25) is 0 Å². The number of hydrogen-bond acceptors (Lipinski definition) is 4. The van der Waals surface area contributed by atoms with Gasteiger partial charge in [-0.05, 0) is 39.1 Å². The van der Waals surface area contributed by atoms with Crippen LogP contribution in [-0.2, 0) is 0 Å². The van der Waals surface area contributed by atoms with Gasteiger partial charge < -0.3 is 15.1 Å². The zero-order chi connectivity index (χ0) is 13.7. The molecular formula is C13H19ClN4O2. The number of H-pyrrole nitrogens is 1. The van der Waals surface area contributed by atoms with Crippen molar-refractivity contribution in [2.24, 2.45) is 0 Å². The molecule has 0 aliphatic heterocycles. The fourth-order valence-corrected chi connectivity index (χ4v) is 1.70. The van der Waals surface area contributed by atoms with E-state index in [0.717, 1.165) is 18.7 Å². The van der Waals surface area contributed by atoms with Crippen molar-refractivity contribution >= 4 is 18.3 Å². The standard InChI is InChI=1S/C13H18N4O2.ClH/c1-9-4-5-12(19-9)10-8-11(17-16-10)13(18)15-7-3-6-14-2;/h4-5,8,14H,3,6-7H2,1-2H3,(H,15,18)(H,16,17);1H. The zero-order valence-corrected chi connectivity index (χ0v) is 12.3. The third-order valence-electron chi connectivity index (χ3n) is 2.71. The molecule has 0 bridgehead atoms. The average Bonchev–Trinajstić information content (AvgIpc) is 3.02. The molecule has 0 aliphatic rings. The Morgan fingerprint density at radius 2 is 2.20 bits per heavy atom. The molecule has 6 nitrogen and oxygen atoms in total. The van der Waals surface area contributed by atoms with Crippen LogP contribution in [0.5, 0.6) is 0 Å². The molecule has 0 saturated heterocycles. The van der Waals surface area contributed by atoms with E-state index in [-0.39, 0.29) is 18.3 Å². The summed E-state index contributed by atoms with van der Waals surface area (Å²) in [5, 5.41) is 12.6. The lowest BCUT2D eigenvalue weighted by Gasteiger charge is -2.01. The van der Waals surface area contributed by atoms with E-state index in [2.05, 4.69) is 20.8 Å². The number of aromatic amines is 1. The normalized spacial score (nSPS) is 10.1. The molecule has 0 spiro atoms. The van der Waals surface area contributed by atoms with Gasteiger partial charge in [0.05, 0.1) is 0 Å². The molecule has 2 aromatic heterocycles. The molecule has 3 N–H and O–H groups in total. The Morgan fingerprint density at radius 1 is 1.40 bits per heavy atom. The number of halogens is 1. The van der Waals surface area contributed by atoms with E-state index in [1.165, 1.54) is 0 Å². The van der Waals surface area contributed by atoms with Crippen molar-refractivity contribution in [1.29, 1.82) is 0 Å². The van der Waals surface area contributed by atoms with Gasteiger partial charge in [0.1, 0.15) is 11.5 Å². The minimum Gasteiger partial charge on any atom is -0.460 e. The van der Waals surface area contributed by atoms with Gasteiger partial charge in [0.25, 0.3) is 5.91 Å². The monoisotopic (exact) mass is 298 g/mol. The first kappa shape index (κ1) is 16.3. The number of nitrogens with one attached hydrogen (secondary N) is 3. The van der Waals surface area contributed by atoms with Gasteiger partial charge in [0.15, 0.2) is 11.5 Å². The van der Waals surface area contributed by atoms with Crippen LogP contribution in [0, 0.1) is 6.92 Å². The van der Waals surface area contributed by atoms with Crippen molar-refractivity contribution < 1.29 is 9.21 Å². The predicted octanol–water partition coefficient (Wildman–Crippen LogP) is 1.74. The number of hydrogen-bond donors (Lipinski definition) is 3. The van der Waals surface area contributed by atoms with Gasteiger partial charge >= 0.3 is 0 Å². The highest BCUT2D eigenvalue weighted by Crippen LogP contribution is 2.20. The summed E-state index contributed by atoms with van der Waals surface area (Å²) < 4.78 is 5.46. The molecule has 0 atom stereocenters. The summed E-state index contributed by atoms with van der Waals surface area (Å²) in [6, 6.07) is 5.40. The van der Waals surface area contributed by atoms with E-state index in [4.69, 9.17) is 4.42 Å². The predicted molar refractivity (Wildman–Crippen MR) is 79.2 cm³/mol. The number of carbonyl (C=O) groups is 1. The van der Waals surface area contributed by atoms with Crippen LogP contribution in [0.25, 0.3) is 11.5 Å². The van der Waals surface area contributed by atoms with Crippen LogP contribution < -0.4 is 10.6 Å². The third kappa shape index (κ3) is 4.11. The molecular weight excluding hydrogens is 280 g/mol. The molecule has 0 radical (unpaired) electrons. The molecule has 0 fully saturated rings. The summed E-state index contributed by atoms with van der Waals surface area (Å²) in [5.41, 5.74) is 1.07. The van der Waals surface area contributed by atoms with Crippen LogP contribution in [0.2, 0.25) is 0 Å². The summed E-state index contributed by atoms with van der Waals surface area (Å²) >= 11 is 0. The van der Waals surface area contributed by atoms with Crippen molar-refractivity contribution in [2.45, 2.75) is 13.3 Å². The number of rotatable bonds is 6. The summed E-state index contributed by atoms with van der Waals surface area (Å²) in [6.45, 7) is 3.37. The minimum atomic E-state index is -0.179. The number of amides is 1. The molecule has 20 heavy (non-hydrogen) atoms. The molecule has 110 valence electrons. The molecule has 2 aromatic rings. The van der Waals surface area contributed by atoms with Crippen molar-refractivity contribution in [3.8, 4) is 11.5 Å². The van der Waals surface area contributed by atoms with Crippen molar-refractivity contribution in [2.75, 3.05) is 20.1 Å². The maximum absolute atomic E-state index is 11.8. The Balaban J connectivity index is 0.00000200. The second-order valence-electron chi connectivity index (χ2n) is 4.29. The van der Waals surface area contributed by atoms with Crippen LogP contribution in [0.3, 0.4) is 0 Å². The maximum Gasteiger partial charge on any atom is 0.271 e. The van der Waals surface area contributed by atoms with Crippen LogP contribution in [0.15, 0.2) is 22.6 Å². The quantitative estimate of drug-likeness (QED) is 0.709. The summed E-state index contributed by atoms with van der Waals surface area (Å²) in [5.74, 6) is 1.32. The van der Waals surface area contributed by atoms with Gasteiger partial charge in [-0.15, -0.1) is 12.4 Å². The fraction of sp³-hybridized carbons (Fsp3) is 0.385. The first-order chi connectivity index (χ1) is 9.20. The van der Waals surface area contributed by atoms with Gasteiger partial charge in [0, 0.05) is 12.6 Å². The minimum absolute atomic E-state index is 0. The largest absolute Gasteiger partial charge is 0.460 e. The van der Waals surface area contributed by atoms with Crippen LogP contribution in [0.1, 0.15) is 22.7 Å². The Bertz CT molecular complexity index is 550. The van der Waals surface area contributed by atoms with E-state index < -0.39 is 0 Å². The molecule has 2 heterocycles.